The van der Waals surface area contributed by atoms with Crippen molar-refractivity contribution >= 4 is 11.9 Å². The van der Waals surface area contributed by atoms with Crippen LogP contribution in [0.2, 0.25) is 0 Å². The molecule has 10 nitrogen and oxygen atoms in total. The van der Waals surface area contributed by atoms with Crippen molar-refractivity contribution in [2.45, 2.75) is 30.0 Å². The third-order valence-corrected chi connectivity index (χ3v) is 2.31. The Kier molecular flexibility index (Phi) is 13.4. The quantitative estimate of drug-likeness (QED) is 0.193. The molecule has 0 aromatic carbocycles. The summed E-state index contributed by atoms with van der Waals surface area (Å²) in [5, 5.41) is 74.8. The van der Waals surface area contributed by atoms with Gasteiger partial charge in [-0.2, -0.15) is 0 Å². The zero-order valence-corrected chi connectivity index (χ0v) is 14.8. The maximum absolute atomic E-state index is 10.4. The van der Waals surface area contributed by atoms with E-state index in [1.54, 1.807) is 0 Å². The van der Waals surface area contributed by atoms with Crippen LogP contribution in [0, 0.1) is 0 Å². The molecule has 6 N–H and O–H groups in total. The van der Waals surface area contributed by atoms with Crippen LogP contribution in [0.4, 0.5) is 0 Å². The molecule has 0 spiro atoms. The van der Waals surface area contributed by atoms with Gasteiger partial charge >= 0.3 is 59.1 Å². The molecule has 0 radical (unpaired) electrons. The molecule has 0 amide bonds. The van der Waals surface area contributed by atoms with Crippen LogP contribution in [-0.2, 0) is 9.59 Å². The predicted octanol–water partition coefficient (Wildman–Crippen LogP) is -13.3. The predicted molar refractivity (Wildman–Crippen MR) is 46.1 cm³/mol. The number of aliphatic carboxylic acids is 2. The van der Waals surface area contributed by atoms with Gasteiger partial charge in [0.1, 0.15) is 24.4 Å². The molecule has 106 valence electrons. The van der Waals surface area contributed by atoms with E-state index in [-0.39, 0.29) is 59.1 Å². The van der Waals surface area contributed by atoms with Gasteiger partial charge in [-0.1, -0.05) is 0 Å². The normalized spacial score (nSPS) is 16.9. The van der Waals surface area contributed by atoms with E-state index in [9.17, 15) is 30.0 Å². The molecule has 0 rings (SSSR count). The summed E-state index contributed by atoms with van der Waals surface area (Å²) in [4.78, 5) is 20.8. The minimum absolute atomic E-state index is 0. The number of rotatable bonds is 7. The fourth-order valence-electron chi connectivity index (χ4n) is 1.09. The molecule has 0 unspecified atom stereocenters. The molecule has 0 heterocycles. The Morgan fingerprint density at radius 3 is 1.55 bits per heavy atom. The molecule has 0 aliphatic heterocycles. The molecule has 0 aromatic rings. The van der Waals surface area contributed by atoms with Gasteiger partial charge in [-0.15, -0.1) is 0 Å². The Labute approximate surface area is 157 Å². The molecule has 4 atom stereocenters. The Morgan fingerprint density at radius 1 is 0.950 bits per heavy atom. The van der Waals surface area contributed by atoms with Crippen LogP contribution in [0.1, 0.15) is 0 Å². The van der Waals surface area contributed by atoms with Gasteiger partial charge in [-0.05, 0) is 0 Å². The van der Waals surface area contributed by atoms with Gasteiger partial charge in [0.25, 0.3) is 0 Å². The standard InChI is InChI=1S/C8H14O10.2Na/c9-1-2(10)3(11)4(12)5(13)8(18,6(14)15)7(16)17;;/h2-5,9-13,18H,1H2,(H,14,15)(H,16,17);;/q;2*+1/p-2/t2-,3+,4-,5-;;/m1../s1. The van der Waals surface area contributed by atoms with Crippen molar-refractivity contribution in [3.05, 3.63) is 0 Å². The Morgan fingerprint density at radius 2 is 1.30 bits per heavy atom. The number of aliphatic hydroxyl groups is 6. The van der Waals surface area contributed by atoms with Crippen LogP contribution in [0.15, 0.2) is 0 Å². The second kappa shape index (κ2) is 10.4. The van der Waals surface area contributed by atoms with E-state index < -0.39 is 48.6 Å². The fraction of sp³-hybridized carbons (Fsp3) is 0.750. The average Bonchev–Trinajstić information content (AvgIpc) is 2.33. The van der Waals surface area contributed by atoms with Gasteiger partial charge in [0, 0.05) is 0 Å². The summed E-state index contributed by atoms with van der Waals surface area (Å²) < 4.78 is 0. The second-order valence-electron chi connectivity index (χ2n) is 3.52. The SMILES string of the molecule is O=C([O-])C(O)(C(=O)[O-])[C@H](O)[C@H](O)[C@@H](O)[C@H](O)CO.[Na+].[Na+]. The van der Waals surface area contributed by atoms with Crippen molar-refractivity contribution in [3.8, 4) is 0 Å². The van der Waals surface area contributed by atoms with Crippen LogP contribution >= 0.6 is 0 Å². The van der Waals surface area contributed by atoms with Gasteiger partial charge in [-0.25, -0.2) is 0 Å². The Balaban J connectivity index is -0.00000144. The van der Waals surface area contributed by atoms with Crippen molar-refractivity contribution < 1.29 is 110 Å². The first kappa shape index (κ1) is 25.6. The van der Waals surface area contributed by atoms with Gasteiger partial charge in [0.15, 0.2) is 5.60 Å². The number of hydrogen-bond donors (Lipinski definition) is 6. The number of carboxylic acid groups (broad SMARTS) is 2. The van der Waals surface area contributed by atoms with E-state index in [0.29, 0.717) is 0 Å². The summed E-state index contributed by atoms with van der Waals surface area (Å²) in [7, 11) is 0. The van der Waals surface area contributed by atoms with Crippen LogP contribution in [0.5, 0.6) is 0 Å². The van der Waals surface area contributed by atoms with Crippen LogP contribution in [0.25, 0.3) is 0 Å². The monoisotopic (exact) mass is 314 g/mol. The van der Waals surface area contributed by atoms with E-state index in [1.165, 1.54) is 0 Å². The summed E-state index contributed by atoms with van der Waals surface area (Å²) in [6, 6.07) is 0. The second-order valence-corrected chi connectivity index (χ2v) is 3.52. The van der Waals surface area contributed by atoms with Gasteiger partial charge in [0.05, 0.1) is 18.5 Å². The molecule has 0 aliphatic carbocycles. The number of aliphatic hydroxyl groups excluding tert-OH is 5. The number of carboxylic acids is 2. The largest absolute Gasteiger partial charge is 1.00 e. The minimum Gasteiger partial charge on any atom is -0.546 e. The van der Waals surface area contributed by atoms with Crippen molar-refractivity contribution in [1.82, 2.24) is 0 Å². The maximum Gasteiger partial charge on any atom is 1.00 e. The van der Waals surface area contributed by atoms with Gasteiger partial charge in [-0.3, -0.25) is 0 Å². The first-order chi connectivity index (χ1) is 8.10. The van der Waals surface area contributed by atoms with Crippen molar-refractivity contribution in [1.29, 1.82) is 0 Å². The summed E-state index contributed by atoms with van der Waals surface area (Å²) in [6.45, 7) is -1.07. The molecule has 12 heteroatoms. The smallest absolute Gasteiger partial charge is 0.546 e. The first-order valence-corrected chi connectivity index (χ1v) is 4.59. The third kappa shape index (κ3) is 5.48. The maximum atomic E-state index is 10.4. The number of carbonyl (C=O) groups excluding carboxylic acids is 2. The van der Waals surface area contributed by atoms with Crippen molar-refractivity contribution in [2.75, 3.05) is 6.61 Å². The molecular weight excluding hydrogens is 302 g/mol. The molecule has 0 aromatic heterocycles. The minimum atomic E-state index is -3.99. The van der Waals surface area contributed by atoms with Gasteiger partial charge in [0.2, 0.25) is 0 Å². The number of hydrogen-bond acceptors (Lipinski definition) is 10. The molecule has 20 heavy (non-hydrogen) atoms. The first-order valence-electron chi connectivity index (χ1n) is 4.59. The molecule has 0 saturated carbocycles. The zero-order chi connectivity index (χ0) is 14.7. The average molecular weight is 314 g/mol. The molecule has 0 saturated heterocycles. The Bertz CT molecular complexity index is 310. The summed E-state index contributed by atoms with van der Waals surface area (Å²) >= 11 is 0. The number of carbonyl (C=O) groups is 2. The third-order valence-electron chi connectivity index (χ3n) is 2.31. The van der Waals surface area contributed by atoms with E-state index in [2.05, 4.69) is 0 Å². The molecule has 0 fully saturated rings. The van der Waals surface area contributed by atoms with E-state index in [0.717, 1.165) is 0 Å². The topological polar surface area (TPSA) is 202 Å². The molecule has 0 bridgehead atoms. The fourth-order valence-corrected chi connectivity index (χ4v) is 1.09. The van der Waals surface area contributed by atoms with Crippen molar-refractivity contribution in [3.63, 3.8) is 0 Å². The van der Waals surface area contributed by atoms with Crippen LogP contribution < -0.4 is 69.3 Å². The van der Waals surface area contributed by atoms with E-state index >= 15 is 0 Å². The van der Waals surface area contributed by atoms with E-state index in [4.69, 9.17) is 20.4 Å². The Hall–Kier alpha value is 0.700. The summed E-state index contributed by atoms with van der Waals surface area (Å²) in [5.74, 6) is -5.36. The molecule has 0 aliphatic rings. The zero-order valence-electron chi connectivity index (χ0n) is 10.8. The van der Waals surface area contributed by atoms with Gasteiger partial charge < -0.3 is 50.4 Å². The summed E-state index contributed by atoms with van der Waals surface area (Å²) in [6.07, 6.45) is -9.85. The van der Waals surface area contributed by atoms with Crippen molar-refractivity contribution in [2.24, 2.45) is 0 Å². The van der Waals surface area contributed by atoms with Crippen LogP contribution in [-0.4, -0.2) is 79.2 Å². The summed E-state index contributed by atoms with van der Waals surface area (Å²) in [5.41, 5.74) is -3.99. The molecular formula is C8H12Na2O10. The van der Waals surface area contributed by atoms with E-state index in [1.807, 2.05) is 0 Å². The van der Waals surface area contributed by atoms with Crippen LogP contribution in [0.3, 0.4) is 0 Å².